The van der Waals surface area contributed by atoms with E-state index in [1.165, 1.54) is 0 Å². The highest BCUT2D eigenvalue weighted by Crippen LogP contribution is 2.11. The average Bonchev–Trinajstić information content (AvgIpc) is 2.11. The normalized spacial score (nSPS) is 14.5. The van der Waals surface area contributed by atoms with Gasteiger partial charge in [0, 0.05) is 31.2 Å². The molecule has 0 radical (unpaired) electrons. The maximum Gasteiger partial charge on any atom is 0.0616 e. The molecule has 0 aromatic heterocycles. The Hall–Kier alpha value is -0.120. The molecule has 13 heavy (non-hydrogen) atoms. The summed E-state index contributed by atoms with van der Waals surface area (Å²) >= 11 is 0. The Balaban J connectivity index is 3.51. The molecule has 2 N–H and O–H groups in total. The number of nitrogens with one attached hydrogen (secondary N) is 1. The molecule has 1 unspecified atom stereocenters. The van der Waals surface area contributed by atoms with Crippen LogP contribution in [0.4, 0.5) is 0 Å². The third-order valence-corrected chi connectivity index (χ3v) is 1.93. The van der Waals surface area contributed by atoms with Gasteiger partial charge in [0.25, 0.3) is 0 Å². The summed E-state index contributed by atoms with van der Waals surface area (Å²) < 4.78 is 5.27. The maximum atomic E-state index is 9.01. The van der Waals surface area contributed by atoms with Crippen LogP contribution in [0.1, 0.15) is 27.7 Å². The van der Waals surface area contributed by atoms with E-state index in [-0.39, 0.29) is 12.0 Å². The number of aliphatic hydroxyl groups is 1. The molecule has 0 spiro atoms. The summed E-state index contributed by atoms with van der Waals surface area (Å²) in [7, 11) is 0. The van der Waals surface area contributed by atoms with E-state index in [1.807, 2.05) is 20.8 Å². The first-order valence-electron chi connectivity index (χ1n) is 4.94. The van der Waals surface area contributed by atoms with E-state index >= 15 is 0 Å². The lowest BCUT2D eigenvalue weighted by Crippen LogP contribution is -2.39. The molecular weight excluding hydrogens is 166 g/mol. The molecule has 0 aromatic carbocycles. The first-order valence-corrected chi connectivity index (χ1v) is 4.94. The van der Waals surface area contributed by atoms with Crippen molar-refractivity contribution in [2.75, 3.05) is 26.4 Å². The minimum atomic E-state index is -0.0412. The van der Waals surface area contributed by atoms with E-state index in [4.69, 9.17) is 9.84 Å². The minimum absolute atomic E-state index is 0.0412. The highest BCUT2D eigenvalue weighted by atomic mass is 16.5. The molecule has 0 aliphatic heterocycles. The van der Waals surface area contributed by atoms with Crippen molar-refractivity contribution in [1.29, 1.82) is 0 Å². The van der Waals surface area contributed by atoms with Crippen molar-refractivity contribution in [2.45, 2.75) is 33.7 Å². The zero-order valence-corrected chi connectivity index (χ0v) is 9.26. The van der Waals surface area contributed by atoms with Gasteiger partial charge in [0.15, 0.2) is 0 Å². The summed E-state index contributed by atoms with van der Waals surface area (Å²) in [5.74, 6) is 0. The van der Waals surface area contributed by atoms with Crippen LogP contribution >= 0.6 is 0 Å². The summed E-state index contributed by atoms with van der Waals surface area (Å²) in [5.41, 5.74) is -0.0412. The largest absolute Gasteiger partial charge is 0.396 e. The topological polar surface area (TPSA) is 41.5 Å². The van der Waals surface area contributed by atoms with Crippen LogP contribution < -0.4 is 5.32 Å². The van der Waals surface area contributed by atoms with Crippen molar-refractivity contribution in [2.24, 2.45) is 5.41 Å². The fourth-order valence-electron chi connectivity index (χ4n) is 0.860. The van der Waals surface area contributed by atoms with Gasteiger partial charge >= 0.3 is 0 Å². The first kappa shape index (κ1) is 12.9. The fraction of sp³-hybridized carbons (Fsp3) is 1.00. The molecule has 0 aromatic rings. The average molecular weight is 189 g/mol. The van der Waals surface area contributed by atoms with Gasteiger partial charge in [-0.2, -0.15) is 0 Å². The van der Waals surface area contributed by atoms with Crippen LogP contribution in [-0.2, 0) is 4.74 Å². The number of aliphatic hydroxyl groups excluding tert-OH is 1. The molecule has 0 heterocycles. The van der Waals surface area contributed by atoms with Crippen LogP contribution in [0, 0.1) is 5.41 Å². The highest BCUT2D eigenvalue weighted by Gasteiger charge is 2.16. The van der Waals surface area contributed by atoms with Crippen LogP contribution in [-0.4, -0.2) is 37.5 Å². The SMILES string of the molecule is CCOCC(C)NCC(C)(C)CO. The molecule has 0 saturated carbocycles. The molecule has 80 valence electrons. The summed E-state index contributed by atoms with van der Waals surface area (Å²) in [4.78, 5) is 0. The molecule has 3 nitrogen and oxygen atoms in total. The summed E-state index contributed by atoms with van der Waals surface area (Å²) in [5, 5.41) is 12.3. The van der Waals surface area contributed by atoms with Gasteiger partial charge in [-0.25, -0.2) is 0 Å². The summed E-state index contributed by atoms with van der Waals surface area (Å²) in [6.45, 7) is 10.7. The van der Waals surface area contributed by atoms with E-state index in [0.29, 0.717) is 6.04 Å². The van der Waals surface area contributed by atoms with E-state index < -0.39 is 0 Å². The van der Waals surface area contributed by atoms with Gasteiger partial charge < -0.3 is 15.2 Å². The van der Waals surface area contributed by atoms with Crippen molar-refractivity contribution in [3.63, 3.8) is 0 Å². The molecule has 0 saturated heterocycles. The van der Waals surface area contributed by atoms with Crippen molar-refractivity contribution in [1.82, 2.24) is 5.32 Å². The lowest BCUT2D eigenvalue weighted by atomic mass is 9.95. The third-order valence-electron chi connectivity index (χ3n) is 1.93. The molecule has 0 bridgehead atoms. The van der Waals surface area contributed by atoms with Gasteiger partial charge in [-0.15, -0.1) is 0 Å². The summed E-state index contributed by atoms with van der Waals surface area (Å²) in [6.07, 6.45) is 0. The first-order chi connectivity index (χ1) is 6.02. The Morgan fingerprint density at radius 1 is 1.46 bits per heavy atom. The van der Waals surface area contributed by atoms with E-state index in [9.17, 15) is 0 Å². The molecule has 0 fully saturated rings. The van der Waals surface area contributed by atoms with Crippen molar-refractivity contribution in [3.05, 3.63) is 0 Å². The second-order valence-corrected chi connectivity index (χ2v) is 4.26. The Morgan fingerprint density at radius 2 is 2.08 bits per heavy atom. The van der Waals surface area contributed by atoms with Gasteiger partial charge in [-0.3, -0.25) is 0 Å². The lowest BCUT2D eigenvalue weighted by molar-refractivity contribution is 0.112. The Labute approximate surface area is 81.5 Å². The van der Waals surface area contributed by atoms with Crippen molar-refractivity contribution in [3.8, 4) is 0 Å². The monoisotopic (exact) mass is 189 g/mol. The zero-order valence-electron chi connectivity index (χ0n) is 9.26. The van der Waals surface area contributed by atoms with E-state index in [1.54, 1.807) is 0 Å². The Morgan fingerprint density at radius 3 is 2.54 bits per heavy atom. The Bertz CT molecular complexity index is 126. The van der Waals surface area contributed by atoms with Gasteiger partial charge in [-0.1, -0.05) is 13.8 Å². The van der Waals surface area contributed by atoms with E-state index in [0.717, 1.165) is 19.8 Å². The molecule has 0 rings (SSSR count). The second kappa shape index (κ2) is 6.35. The van der Waals surface area contributed by atoms with Gasteiger partial charge in [0.2, 0.25) is 0 Å². The van der Waals surface area contributed by atoms with Crippen LogP contribution in [0.3, 0.4) is 0 Å². The quantitative estimate of drug-likeness (QED) is 0.628. The second-order valence-electron chi connectivity index (χ2n) is 4.26. The molecular formula is C10H23NO2. The number of rotatable bonds is 7. The predicted octanol–water partition coefficient (Wildman–Crippen LogP) is 1.02. The standard InChI is InChI=1S/C10H23NO2/c1-5-13-6-9(2)11-7-10(3,4)8-12/h9,11-12H,5-8H2,1-4H3. The molecule has 0 aliphatic rings. The van der Waals surface area contributed by atoms with E-state index in [2.05, 4.69) is 12.2 Å². The number of hydrogen-bond donors (Lipinski definition) is 2. The van der Waals surface area contributed by atoms with Gasteiger partial charge in [-0.05, 0) is 13.8 Å². The van der Waals surface area contributed by atoms with Crippen molar-refractivity contribution < 1.29 is 9.84 Å². The Kier molecular flexibility index (Phi) is 6.29. The minimum Gasteiger partial charge on any atom is -0.396 e. The van der Waals surface area contributed by atoms with Crippen LogP contribution in [0.2, 0.25) is 0 Å². The molecule has 0 aliphatic carbocycles. The predicted molar refractivity (Wildman–Crippen MR) is 54.8 cm³/mol. The summed E-state index contributed by atoms with van der Waals surface area (Å²) in [6, 6.07) is 0.353. The number of hydrogen-bond acceptors (Lipinski definition) is 3. The molecule has 3 heteroatoms. The highest BCUT2D eigenvalue weighted by molar-refractivity contribution is 4.72. The zero-order chi connectivity index (χ0) is 10.3. The van der Waals surface area contributed by atoms with Crippen molar-refractivity contribution >= 4 is 0 Å². The maximum absolute atomic E-state index is 9.01. The molecule has 0 amide bonds. The fourth-order valence-corrected chi connectivity index (χ4v) is 0.860. The lowest BCUT2D eigenvalue weighted by Gasteiger charge is -2.24. The van der Waals surface area contributed by atoms with Crippen LogP contribution in [0.15, 0.2) is 0 Å². The van der Waals surface area contributed by atoms with Gasteiger partial charge in [0.1, 0.15) is 0 Å². The number of ether oxygens (including phenoxy) is 1. The third kappa shape index (κ3) is 6.99. The van der Waals surface area contributed by atoms with Crippen LogP contribution in [0.5, 0.6) is 0 Å². The van der Waals surface area contributed by atoms with Crippen LogP contribution in [0.25, 0.3) is 0 Å². The smallest absolute Gasteiger partial charge is 0.0616 e. The van der Waals surface area contributed by atoms with Gasteiger partial charge in [0.05, 0.1) is 6.61 Å². The molecule has 1 atom stereocenters.